The fourth-order valence-corrected chi connectivity index (χ4v) is 1.07. The molecule has 1 aromatic heterocycles. The van der Waals surface area contributed by atoms with Gasteiger partial charge in [0.2, 0.25) is 0 Å². The van der Waals surface area contributed by atoms with E-state index in [2.05, 4.69) is 4.74 Å². The van der Waals surface area contributed by atoms with E-state index in [0.29, 0.717) is 0 Å². The number of aromatic nitrogens is 1. The lowest BCUT2D eigenvalue weighted by Gasteiger charge is -1.99. The molecule has 0 unspecified atom stereocenters. The smallest absolute Gasteiger partial charge is 0.602 e. The van der Waals surface area contributed by atoms with Gasteiger partial charge in [0.1, 0.15) is 0 Å². The Morgan fingerprint density at radius 2 is 2.06 bits per heavy atom. The zero-order chi connectivity index (χ0) is 11.3. The van der Waals surface area contributed by atoms with Gasteiger partial charge in [-0.2, -0.15) is 4.79 Å². The summed E-state index contributed by atoms with van der Waals surface area (Å²) in [5.41, 5.74) is 0.137. The van der Waals surface area contributed by atoms with Gasteiger partial charge in [0, 0.05) is 12.1 Å². The molecule has 0 aliphatic carbocycles. The van der Waals surface area contributed by atoms with Crippen LogP contribution in [0.4, 0.5) is 4.79 Å². The normalized spacial score (nSPS) is 8.88. The van der Waals surface area contributed by atoms with Gasteiger partial charge in [0.25, 0.3) is 0 Å². The van der Waals surface area contributed by atoms with E-state index in [1.165, 1.54) is 19.4 Å². The van der Waals surface area contributed by atoms with Crippen molar-refractivity contribution in [3.63, 3.8) is 0 Å². The topological polar surface area (TPSA) is 56.5 Å². The first-order valence-corrected chi connectivity index (χ1v) is 4.46. The van der Waals surface area contributed by atoms with E-state index in [4.69, 9.17) is 4.74 Å². The van der Waals surface area contributed by atoms with Crippen LogP contribution in [0.5, 0.6) is 0 Å². The predicted molar refractivity (Wildman–Crippen MR) is 50.4 cm³/mol. The van der Waals surface area contributed by atoms with Crippen molar-refractivity contribution in [2.75, 3.05) is 13.7 Å². The SMILES string of the molecule is CCOC(=O)[n+]1ccccc1C(=O)OC.[Br-]. The molecule has 0 saturated heterocycles. The van der Waals surface area contributed by atoms with E-state index in [9.17, 15) is 9.59 Å². The van der Waals surface area contributed by atoms with Crippen LogP contribution in [0.3, 0.4) is 0 Å². The number of halogens is 1. The van der Waals surface area contributed by atoms with Gasteiger partial charge in [-0.3, -0.25) is 0 Å². The molecule has 1 heterocycles. The highest BCUT2D eigenvalue weighted by Crippen LogP contribution is 1.94. The number of hydrogen-bond donors (Lipinski definition) is 0. The van der Waals surface area contributed by atoms with Crippen LogP contribution in [0.1, 0.15) is 17.4 Å². The zero-order valence-corrected chi connectivity index (χ0v) is 10.6. The van der Waals surface area contributed by atoms with Crippen LogP contribution in [0.15, 0.2) is 24.4 Å². The van der Waals surface area contributed by atoms with Crippen LogP contribution in [-0.2, 0) is 9.47 Å². The van der Waals surface area contributed by atoms with Gasteiger partial charge in [-0.15, -0.1) is 0 Å². The Kier molecular flexibility index (Phi) is 6.32. The standard InChI is InChI=1S/C10H12NO4.BrH/c1-3-15-10(13)11-7-5-4-6-8(11)9(12)14-2;/h4-7H,3H2,1-2H3;1H/q+1;/p-1. The van der Waals surface area contributed by atoms with E-state index < -0.39 is 12.1 Å². The Hall–Kier alpha value is -1.43. The fraction of sp³-hybridized carbons (Fsp3) is 0.300. The molecule has 88 valence electrons. The summed E-state index contributed by atoms with van der Waals surface area (Å²) in [6.45, 7) is 1.94. The van der Waals surface area contributed by atoms with Gasteiger partial charge in [0.05, 0.1) is 13.7 Å². The number of pyridine rings is 1. The van der Waals surface area contributed by atoms with Crippen LogP contribution in [0, 0.1) is 0 Å². The number of methoxy groups -OCH3 is 1. The number of esters is 1. The molecule has 0 saturated carbocycles. The van der Waals surface area contributed by atoms with E-state index in [0.717, 1.165) is 4.57 Å². The largest absolute Gasteiger partial charge is 1.00 e. The number of nitrogens with zero attached hydrogens (tertiary/aromatic N) is 1. The summed E-state index contributed by atoms with van der Waals surface area (Å²) in [6.07, 6.45) is 0.850. The van der Waals surface area contributed by atoms with Crippen LogP contribution >= 0.6 is 0 Å². The molecule has 0 radical (unpaired) electrons. The Balaban J connectivity index is 0.00000225. The highest BCUT2D eigenvalue weighted by Gasteiger charge is 2.26. The molecule has 0 fully saturated rings. The summed E-state index contributed by atoms with van der Waals surface area (Å²) in [5, 5.41) is 0. The van der Waals surface area contributed by atoms with E-state index in [-0.39, 0.29) is 29.3 Å². The Morgan fingerprint density at radius 1 is 1.38 bits per heavy atom. The van der Waals surface area contributed by atoms with Gasteiger partial charge in [-0.1, -0.05) is 4.57 Å². The summed E-state index contributed by atoms with van der Waals surface area (Å²) < 4.78 is 10.4. The maximum Gasteiger partial charge on any atom is 0.602 e. The molecule has 0 aliphatic rings. The van der Waals surface area contributed by atoms with Crippen molar-refractivity contribution in [3.05, 3.63) is 30.1 Å². The minimum absolute atomic E-state index is 0. The van der Waals surface area contributed by atoms with E-state index >= 15 is 0 Å². The summed E-state index contributed by atoms with van der Waals surface area (Å²) in [5.74, 6) is -0.580. The minimum Gasteiger partial charge on any atom is -1.00 e. The van der Waals surface area contributed by atoms with Crippen LogP contribution < -0.4 is 21.5 Å². The average Bonchev–Trinajstić information content (AvgIpc) is 2.28. The minimum atomic E-state index is -0.599. The maximum atomic E-state index is 11.4. The van der Waals surface area contributed by atoms with Gasteiger partial charge in [-0.25, -0.2) is 4.79 Å². The van der Waals surface area contributed by atoms with Crippen LogP contribution in [0.2, 0.25) is 0 Å². The Labute approximate surface area is 104 Å². The first-order chi connectivity index (χ1) is 7.20. The third-order valence-electron chi connectivity index (χ3n) is 1.72. The van der Waals surface area contributed by atoms with E-state index in [1.54, 1.807) is 19.1 Å². The van der Waals surface area contributed by atoms with Crippen molar-refractivity contribution in [1.82, 2.24) is 0 Å². The number of carbonyl (C=O) groups is 2. The quantitative estimate of drug-likeness (QED) is 0.457. The van der Waals surface area contributed by atoms with E-state index in [1.807, 2.05) is 0 Å². The first-order valence-electron chi connectivity index (χ1n) is 4.46. The number of ether oxygens (including phenoxy) is 2. The molecule has 0 N–H and O–H groups in total. The van der Waals surface area contributed by atoms with Crippen LogP contribution in [-0.4, -0.2) is 25.8 Å². The van der Waals surface area contributed by atoms with Crippen molar-refractivity contribution in [3.8, 4) is 0 Å². The molecular weight excluding hydrogens is 278 g/mol. The Morgan fingerprint density at radius 3 is 2.62 bits per heavy atom. The predicted octanol–water partition coefficient (Wildman–Crippen LogP) is -2.23. The third kappa shape index (κ3) is 3.30. The lowest BCUT2D eigenvalue weighted by atomic mass is 10.3. The van der Waals surface area contributed by atoms with Crippen molar-refractivity contribution < 1.29 is 40.6 Å². The highest BCUT2D eigenvalue weighted by molar-refractivity contribution is 5.86. The van der Waals surface area contributed by atoms with Crippen molar-refractivity contribution in [1.29, 1.82) is 0 Å². The molecule has 0 amide bonds. The molecule has 5 nitrogen and oxygen atoms in total. The molecule has 0 bridgehead atoms. The lowest BCUT2D eigenvalue weighted by molar-refractivity contribution is -0.589. The van der Waals surface area contributed by atoms with Gasteiger partial charge >= 0.3 is 17.8 Å². The van der Waals surface area contributed by atoms with Crippen molar-refractivity contribution in [2.45, 2.75) is 6.92 Å². The number of hydrogen-bond acceptors (Lipinski definition) is 4. The molecular formula is C10H12BrNO4. The summed E-state index contributed by atoms with van der Waals surface area (Å²) in [6, 6.07) is 4.76. The van der Waals surface area contributed by atoms with Gasteiger partial charge < -0.3 is 26.5 Å². The molecule has 0 spiro atoms. The highest BCUT2D eigenvalue weighted by atomic mass is 79.9. The number of carbonyl (C=O) groups excluding carboxylic acids is 2. The van der Waals surface area contributed by atoms with Gasteiger partial charge in [0.15, 0.2) is 6.20 Å². The van der Waals surface area contributed by atoms with Gasteiger partial charge in [-0.05, 0) is 13.0 Å². The summed E-state index contributed by atoms with van der Waals surface area (Å²) in [4.78, 5) is 22.7. The first kappa shape index (κ1) is 14.6. The zero-order valence-electron chi connectivity index (χ0n) is 8.97. The molecule has 1 rings (SSSR count). The molecule has 0 aromatic carbocycles. The Bertz CT molecular complexity index is 381. The van der Waals surface area contributed by atoms with Crippen molar-refractivity contribution in [2.24, 2.45) is 0 Å². The second-order valence-electron chi connectivity index (χ2n) is 2.65. The van der Waals surface area contributed by atoms with Crippen molar-refractivity contribution >= 4 is 12.1 Å². The summed E-state index contributed by atoms with van der Waals surface area (Å²) in [7, 11) is 1.25. The lowest BCUT2D eigenvalue weighted by Crippen LogP contribution is -3.00. The second kappa shape index (κ2) is 6.95. The number of rotatable bonds is 2. The summed E-state index contributed by atoms with van der Waals surface area (Å²) >= 11 is 0. The monoisotopic (exact) mass is 289 g/mol. The van der Waals surface area contributed by atoms with Crippen LogP contribution in [0.25, 0.3) is 0 Å². The molecule has 6 heteroatoms. The molecule has 0 atom stereocenters. The molecule has 1 aromatic rings. The second-order valence-corrected chi connectivity index (χ2v) is 2.65. The molecule has 16 heavy (non-hydrogen) atoms. The fourth-order valence-electron chi connectivity index (χ4n) is 1.07. The average molecular weight is 290 g/mol. The maximum absolute atomic E-state index is 11.4. The molecule has 0 aliphatic heterocycles. The third-order valence-corrected chi connectivity index (χ3v) is 1.72.